The lowest BCUT2D eigenvalue weighted by Crippen LogP contribution is -2.12. The van der Waals surface area contributed by atoms with E-state index in [1.54, 1.807) is 0 Å². The van der Waals surface area contributed by atoms with Crippen molar-refractivity contribution in [1.82, 2.24) is 0 Å². The second-order valence-electron chi connectivity index (χ2n) is 3.60. The fraction of sp³-hybridized carbons (Fsp3) is 0.333. The van der Waals surface area contributed by atoms with Gasteiger partial charge in [-0.1, -0.05) is 0 Å². The molecule has 4 nitrogen and oxygen atoms in total. The highest BCUT2D eigenvalue weighted by molar-refractivity contribution is 8.00. The molecule has 120 valence electrons. The normalized spacial score (nSPS) is 11.2. The lowest BCUT2D eigenvalue weighted by atomic mass is 10.1. The van der Waals surface area contributed by atoms with Gasteiger partial charge < -0.3 is 9.47 Å². The van der Waals surface area contributed by atoms with E-state index in [0.29, 0.717) is 6.07 Å². The van der Waals surface area contributed by atoms with Gasteiger partial charge in [0, 0.05) is 4.90 Å². The van der Waals surface area contributed by atoms with Crippen molar-refractivity contribution in [3.05, 3.63) is 23.3 Å². The van der Waals surface area contributed by atoms with Gasteiger partial charge in [0.15, 0.2) is 0 Å². The van der Waals surface area contributed by atoms with Crippen LogP contribution in [0.5, 0.6) is 5.75 Å². The second-order valence-corrected chi connectivity index (χ2v) is 4.71. The number of alkyl halides is 5. The maximum absolute atomic E-state index is 12.5. The molecule has 0 N–H and O–H groups in total. The Bertz CT molecular complexity index is 598. The molecule has 0 unspecified atom stereocenters. The van der Waals surface area contributed by atoms with E-state index >= 15 is 0 Å². The molecule has 0 saturated heterocycles. The zero-order chi connectivity index (χ0) is 16.9. The summed E-state index contributed by atoms with van der Waals surface area (Å²) in [5.74, 6) is -1.82. The summed E-state index contributed by atoms with van der Waals surface area (Å²) in [6.45, 7) is -1.99. The number of benzene rings is 1. The summed E-state index contributed by atoms with van der Waals surface area (Å²) in [6, 6.07) is 2.83. The smallest absolute Gasteiger partial charge is 0.446 e. The molecule has 0 aliphatic heterocycles. The third kappa shape index (κ3) is 5.07. The predicted octanol–water partition coefficient (Wildman–Crippen LogP) is 3.95. The summed E-state index contributed by atoms with van der Waals surface area (Å²) < 4.78 is 70.6. The molecule has 1 aromatic rings. The Balaban J connectivity index is 3.44. The monoisotopic (exact) mass is 341 g/mol. The number of esters is 1. The van der Waals surface area contributed by atoms with Crippen LogP contribution in [0.2, 0.25) is 0 Å². The number of ether oxygens (including phenoxy) is 2. The maximum Gasteiger partial charge on any atom is 0.446 e. The van der Waals surface area contributed by atoms with Gasteiger partial charge in [-0.15, -0.1) is 0 Å². The standard InChI is InChI=1S/C12H8F5NO3S/c1-2-20-10(19)9-6(5-18)3-7(21-11(13)14)4-8(9)22-12(15,16)17/h3-4,11H,2H2,1H3. The van der Waals surface area contributed by atoms with Gasteiger partial charge in [0.05, 0.1) is 17.7 Å². The van der Waals surface area contributed by atoms with E-state index in [9.17, 15) is 26.7 Å². The molecule has 0 fully saturated rings. The number of hydrogen-bond donors (Lipinski definition) is 0. The van der Waals surface area contributed by atoms with Crippen LogP contribution in [-0.4, -0.2) is 24.7 Å². The summed E-state index contributed by atoms with van der Waals surface area (Å²) in [6.07, 6.45) is 0. The molecule has 0 atom stereocenters. The average Bonchev–Trinajstić information content (AvgIpc) is 2.35. The van der Waals surface area contributed by atoms with E-state index in [2.05, 4.69) is 9.47 Å². The first-order valence-corrected chi connectivity index (χ1v) is 6.45. The van der Waals surface area contributed by atoms with Crippen LogP contribution in [0.25, 0.3) is 0 Å². The Morgan fingerprint density at radius 3 is 2.50 bits per heavy atom. The molecule has 0 saturated carbocycles. The molecule has 1 rings (SSSR count). The molecule has 0 aliphatic carbocycles. The molecule has 10 heteroatoms. The lowest BCUT2D eigenvalue weighted by Gasteiger charge is -2.14. The number of thioether (sulfide) groups is 1. The van der Waals surface area contributed by atoms with Gasteiger partial charge in [-0.3, -0.25) is 0 Å². The van der Waals surface area contributed by atoms with E-state index in [1.807, 2.05) is 0 Å². The first-order chi connectivity index (χ1) is 10.2. The van der Waals surface area contributed by atoms with Crippen LogP contribution in [0.15, 0.2) is 17.0 Å². The van der Waals surface area contributed by atoms with Crippen LogP contribution in [0.3, 0.4) is 0 Å². The van der Waals surface area contributed by atoms with E-state index in [1.165, 1.54) is 13.0 Å². The van der Waals surface area contributed by atoms with Crippen molar-refractivity contribution in [2.24, 2.45) is 0 Å². The third-order valence-electron chi connectivity index (χ3n) is 2.13. The fourth-order valence-corrected chi connectivity index (χ4v) is 2.19. The van der Waals surface area contributed by atoms with Gasteiger partial charge in [0.25, 0.3) is 0 Å². The largest absolute Gasteiger partial charge is 0.462 e. The highest BCUT2D eigenvalue weighted by Crippen LogP contribution is 2.41. The molecule has 0 aliphatic rings. The van der Waals surface area contributed by atoms with Gasteiger partial charge in [-0.05, 0) is 30.8 Å². The van der Waals surface area contributed by atoms with Crippen LogP contribution in [0.1, 0.15) is 22.8 Å². The van der Waals surface area contributed by atoms with Crippen LogP contribution in [-0.2, 0) is 4.74 Å². The van der Waals surface area contributed by atoms with Crippen LogP contribution in [0.4, 0.5) is 22.0 Å². The Kier molecular flexibility index (Phi) is 5.99. The molecule has 0 radical (unpaired) electrons. The molecule has 0 amide bonds. The van der Waals surface area contributed by atoms with Crippen molar-refractivity contribution < 1.29 is 36.2 Å². The second kappa shape index (κ2) is 7.31. The van der Waals surface area contributed by atoms with Gasteiger partial charge in [-0.25, -0.2) is 4.79 Å². The summed E-state index contributed by atoms with van der Waals surface area (Å²) in [5.41, 5.74) is -5.99. The molecular formula is C12H8F5NO3S. The molecule has 0 bridgehead atoms. The molecule has 22 heavy (non-hydrogen) atoms. The Morgan fingerprint density at radius 1 is 1.41 bits per heavy atom. The van der Waals surface area contributed by atoms with Crippen LogP contribution in [0, 0.1) is 11.3 Å². The summed E-state index contributed by atoms with van der Waals surface area (Å²) in [7, 11) is 0. The summed E-state index contributed by atoms with van der Waals surface area (Å²) >= 11 is -0.725. The topological polar surface area (TPSA) is 59.3 Å². The molecule has 0 aromatic heterocycles. The SMILES string of the molecule is CCOC(=O)c1c(C#N)cc(OC(F)F)cc1SC(F)(F)F. The van der Waals surface area contributed by atoms with Crippen LogP contribution < -0.4 is 4.74 Å². The Hall–Kier alpha value is -2.02. The molecule has 1 aromatic carbocycles. The van der Waals surface area contributed by atoms with Crippen LogP contribution >= 0.6 is 11.8 Å². The van der Waals surface area contributed by atoms with Crippen molar-refractivity contribution in [3.8, 4) is 11.8 Å². The zero-order valence-electron chi connectivity index (χ0n) is 10.9. The predicted molar refractivity (Wildman–Crippen MR) is 65.7 cm³/mol. The molecular weight excluding hydrogens is 333 g/mol. The van der Waals surface area contributed by atoms with Gasteiger partial charge >= 0.3 is 18.1 Å². The highest BCUT2D eigenvalue weighted by atomic mass is 32.2. The van der Waals surface area contributed by atoms with Crippen molar-refractivity contribution in [1.29, 1.82) is 5.26 Å². The van der Waals surface area contributed by atoms with Crippen molar-refractivity contribution >= 4 is 17.7 Å². The first-order valence-electron chi connectivity index (χ1n) is 5.63. The van der Waals surface area contributed by atoms with Gasteiger partial charge in [-0.2, -0.15) is 27.2 Å². The first kappa shape index (κ1) is 18.0. The quantitative estimate of drug-likeness (QED) is 0.461. The minimum Gasteiger partial charge on any atom is -0.462 e. The number of hydrogen-bond acceptors (Lipinski definition) is 5. The zero-order valence-corrected chi connectivity index (χ0v) is 11.7. The maximum atomic E-state index is 12.5. The van der Waals surface area contributed by atoms with E-state index in [-0.39, 0.29) is 6.61 Å². The number of rotatable bonds is 5. The molecule has 0 heterocycles. The minimum absolute atomic E-state index is 0.130. The minimum atomic E-state index is -4.79. The molecule has 0 spiro atoms. The Labute approximate surface area is 125 Å². The van der Waals surface area contributed by atoms with Crippen molar-refractivity contribution in [3.63, 3.8) is 0 Å². The van der Waals surface area contributed by atoms with Crippen molar-refractivity contribution in [2.75, 3.05) is 6.61 Å². The number of nitriles is 1. The average molecular weight is 341 g/mol. The number of halogens is 5. The van der Waals surface area contributed by atoms with Crippen molar-refractivity contribution in [2.45, 2.75) is 23.9 Å². The van der Waals surface area contributed by atoms with E-state index in [0.717, 1.165) is 6.07 Å². The van der Waals surface area contributed by atoms with E-state index in [4.69, 9.17) is 5.26 Å². The summed E-state index contributed by atoms with van der Waals surface area (Å²) in [4.78, 5) is 11.0. The van der Waals surface area contributed by atoms with Gasteiger partial charge in [0.2, 0.25) is 0 Å². The lowest BCUT2D eigenvalue weighted by molar-refractivity contribution is -0.0500. The number of carbonyl (C=O) groups excluding carboxylic acids is 1. The summed E-state index contributed by atoms with van der Waals surface area (Å²) in [5, 5.41) is 8.93. The highest BCUT2D eigenvalue weighted by Gasteiger charge is 2.33. The number of nitrogens with zero attached hydrogens (tertiary/aromatic N) is 1. The fourth-order valence-electron chi connectivity index (χ4n) is 1.47. The van der Waals surface area contributed by atoms with Gasteiger partial charge in [0.1, 0.15) is 11.8 Å². The Morgan fingerprint density at radius 2 is 2.05 bits per heavy atom. The third-order valence-corrected chi connectivity index (χ3v) is 2.90. The van der Waals surface area contributed by atoms with E-state index < -0.39 is 51.6 Å². The number of carbonyl (C=O) groups is 1.